The van der Waals surface area contributed by atoms with Gasteiger partial charge in [0.2, 0.25) is 0 Å². The van der Waals surface area contributed by atoms with Gasteiger partial charge in [0.15, 0.2) is 0 Å². The quantitative estimate of drug-likeness (QED) is 0.135. The van der Waals surface area contributed by atoms with Crippen molar-refractivity contribution in [3.05, 3.63) is 187 Å². The lowest BCUT2D eigenvalue weighted by molar-refractivity contribution is 0.647. The standard InChI is InChI=1S/C54H52N2Si/c1-37(2)34-38-24-26-42(27-25-38)56(51-23-15-17-39-16-11-12-20-45(39)51)52-36-50-53(47-22-14-13-21-46(47)52)48-33-30-43(35-49(48)54(50,3)4)55(40-18-9-8-10-19-40)41-28-31-44(32-29-41)57(5,6)7/h8-33,35-37H,34H2,1-7H3. The fourth-order valence-electron chi connectivity index (χ4n) is 9.07. The van der Waals surface area contributed by atoms with Gasteiger partial charge in [0.1, 0.15) is 0 Å². The molecule has 9 rings (SSSR count). The van der Waals surface area contributed by atoms with Gasteiger partial charge in [0.25, 0.3) is 0 Å². The summed E-state index contributed by atoms with van der Waals surface area (Å²) in [6, 6.07) is 63.6. The molecule has 282 valence electrons. The van der Waals surface area contributed by atoms with Crippen molar-refractivity contribution in [3.63, 3.8) is 0 Å². The molecule has 0 atom stereocenters. The second-order valence-electron chi connectivity index (χ2n) is 17.8. The molecule has 0 spiro atoms. The van der Waals surface area contributed by atoms with E-state index in [1.165, 1.54) is 83.0 Å². The van der Waals surface area contributed by atoms with Crippen LogP contribution in [0.3, 0.4) is 0 Å². The van der Waals surface area contributed by atoms with Crippen molar-refractivity contribution in [2.24, 2.45) is 5.92 Å². The molecule has 8 aromatic carbocycles. The van der Waals surface area contributed by atoms with Crippen molar-refractivity contribution >= 4 is 68.9 Å². The first-order chi connectivity index (χ1) is 27.5. The summed E-state index contributed by atoms with van der Waals surface area (Å²) in [6.45, 7) is 16.7. The van der Waals surface area contributed by atoms with Gasteiger partial charge < -0.3 is 9.80 Å². The van der Waals surface area contributed by atoms with Crippen LogP contribution in [-0.2, 0) is 11.8 Å². The Morgan fingerprint density at radius 3 is 1.77 bits per heavy atom. The van der Waals surface area contributed by atoms with E-state index in [0.29, 0.717) is 5.92 Å². The van der Waals surface area contributed by atoms with E-state index >= 15 is 0 Å². The Kier molecular flexibility index (Phi) is 9.17. The summed E-state index contributed by atoms with van der Waals surface area (Å²) in [5.74, 6) is 0.602. The van der Waals surface area contributed by atoms with Crippen molar-refractivity contribution < 1.29 is 0 Å². The number of hydrogen-bond acceptors (Lipinski definition) is 2. The van der Waals surface area contributed by atoms with E-state index in [2.05, 4.69) is 227 Å². The third-order valence-electron chi connectivity index (χ3n) is 12.0. The summed E-state index contributed by atoms with van der Waals surface area (Å²) in [5.41, 5.74) is 13.5. The van der Waals surface area contributed by atoms with Crippen LogP contribution in [0.15, 0.2) is 170 Å². The van der Waals surface area contributed by atoms with Crippen LogP contribution in [0.4, 0.5) is 34.1 Å². The zero-order valence-corrected chi connectivity index (χ0v) is 35.3. The van der Waals surface area contributed by atoms with E-state index in [1.807, 2.05) is 0 Å². The van der Waals surface area contributed by atoms with Crippen molar-refractivity contribution in [3.8, 4) is 11.1 Å². The highest BCUT2D eigenvalue weighted by molar-refractivity contribution is 6.88. The van der Waals surface area contributed by atoms with Gasteiger partial charge in [0, 0.05) is 38.9 Å². The highest BCUT2D eigenvalue weighted by Gasteiger charge is 2.38. The lowest BCUT2D eigenvalue weighted by atomic mass is 9.81. The van der Waals surface area contributed by atoms with Gasteiger partial charge in [0.05, 0.1) is 19.4 Å². The normalized spacial score (nSPS) is 13.2. The molecule has 0 aromatic heterocycles. The van der Waals surface area contributed by atoms with Gasteiger partial charge in [-0.3, -0.25) is 0 Å². The second kappa shape index (κ2) is 14.2. The molecule has 2 nitrogen and oxygen atoms in total. The predicted octanol–water partition coefficient (Wildman–Crippen LogP) is 15.0. The molecule has 0 amide bonds. The molecule has 0 saturated heterocycles. The van der Waals surface area contributed by atoms with Gasteiger partial charge in [-0.2, -0.15) is 0 Å². The highest BCUT2D eigenvalue weighted by atomic mass is 28.3. The number of benzene rings is 8. The Hall–Kier alpha value is -5.90. The van der Waals surface area contributed by atoms with Crippen molar-refractivity contribution in [1.29, 1.82) is 0 Å². The van der Waals surface area contributed by atoms with E-state index in [0.717, 1.165) is 12.1 Å². The van der Waals surface area contributed by atoms with Crippen LogP contribution in [0.5, 0.6) is 0 Å². The zero-order valence-electron chi connectivity index (χ0n) is 34.3. The largest absolute Gasteiger partial charge is 0.310 e. The third kappa shape index (κ3) is 6.54. The third-order valence-corrected chi connectivity index (χ3v) is 14.1. The molecular weight excluding hydrogens is 705 g/mol. The van der Waals surface area contributed by atoms with Gasteiger partial charge in [-0.05, 0) is 112 Å². The lowest BCUT2D eigenvalue weighted by Crippen LogP contribution is -2.37. The summed E-state index contributed by atoms with van der Waals surface area (Å²) in [7, 11) is -1.44. The molecule has 8 aromatic rings. The Bertz CT molecular complexity index is 2730. The van der Waals surface area contributed by atoms with Gasteiger partial charge in [-0.25, -0.2) is 0 Å². The second-order valence-corrected chi connectivity index (χ2v) is 22.9. The van der Waals surface area contributed by atoms with Crippen LogP contribution >= 0.6 is 0 Å². The zero-order chi connectivity index (χ0) is 39.5. The molecule has 0 unspecified atom stereocenters. The number of nitrogens with zero attached hydrogens (tertiary/aromatic N) is 2. The fourth-order valence-corrected chi connectivity index (χ4v) is 10.2. The van der Waals surface area contributed by atoms with E-state index in [-0.39, 0.29) is 5.41 Å². The van der Waals surface area contributed by atoms with Crippen LogP contribution in [-0.4, -0.2) is 8.07 Å². The summed E-state index contributed by atoms with van der Waals surface area (Å²) in [4.78, 5) is 4.93. The maximum Gasteiger partial charge on any atom is 0.0775 e. The summed E-state index contributed by atoms with van der Waals surface area (Å²) >= 11 is 0. The van der Waals surface area contributed by atoms with E-state index in [4.69, 9.17) is 0 Å². The minimum absolute atomic E-state index is 0.255. The highest BCUT2D eigenvalue weighted by Crippen LogP contribution is 2.56. The number of para-hydroxylation sites is 1. The molecule has 0 aliphatic heterocycles. The Morgan fingerprint density at radius 2 is 1.07 bits per heavy atom. The SMILES string of the molecule is CC(C)Cc1ccc(N(c2cccc3ccccc23)c2cc3c(c4ccccc24)-c2ccc(N(c4ccccc4)c4ccc([Si](C)(C)C)cc4)cc2C3(C)C)cc1. The minimum Gasteiger partial charge on any atom is -0.310 e. The van der Waals surface area contributed by atoms with Crippen LogP contribution < -0.4 is 15.0 Å². The first-order valence-electron chi connectivity index (χ1n) is 20.5. The van der Waals surface area contributed by atoms with Gasteiger partial charge in [-0.1, -0.05) is 162 Å². The monoisotopic (exact) mass is 756 g/mol. The predicted molar refractivity (Wildman–Crippen MR) is 250 cm³/mol. The molecular formula is C54H52N2Si. The molecule has 0 saturated carbocycles. The smallest absolute Gasteiger partial charge is 0.0775 e. The van der Waals surface area contributed by atoms with Gasteiger partial charge in [-0.15, -0.1) is 0 Å². The van der Waals surface area contributed by atoms with Crippen molar-refractivity contribution in [2.75, 3.05) is 9.80 Å². The van der Waals surface area contributed by atoms with Crippen molar-refractivity contribution in [1.82, 2.24) is 0 Å². The average Bonchev–Trinajstić information content (AvgIpc) is 3.44. The molecule has 0 bridgehead atoms. The molecule has 0 radical (unpaired) electrons. The Labute approximate surface area is 340 Å². The Balaban J connectivity index is 1.24. The average molecular weight is 757 g/mol. The molecule has 0 N–H and O–H groups in total. The molecule has 57 heavy (non-hydrogen) atoms. The number of fused-ring (bicyclic) bond motifs is 6. The van der Waals surface area contributed by atoms with E-state index in [9.17, 15) is 0 Å². The first-order valence-corrected chi connectivity index (χ1v) is 24.0. The van der Waals surface area contributed by atoms with Crippen LogP contribution in [0.1, 0.15) is 44.4 Å². The lowest BCUT2D eigenvalue weighted by Gasteiger charge is -2.31. The number of anilines is 6. The molecule has 1 aliphatic carbocycles. The summed E-state index contributed by atoms with van der Waals surface area (Å²) in [6.07, 6.45) is 1.07. The topological polar surface area (TPSA) is 6.48 Å². The molecule has 0 fully saturated rings. The summed E-state index contributed by atoms with van der Waals surface area (Å²) < 4.78 is 0. The van der Waals surface area contributed by atoms with Crippen LogP contribution in [0.25, 0.3) is 32.7 Å². The summed E-state index contributed by atoms with van der Waals surface area (Å²) in [5, 5.41) is 6.48. The van der Waals surface area contributed by atoms with Crippen molar-refractivity contribution in [2.45, 2.75) is 59.2 Å². The van der Waals surface area contributed by atoms with Gasteiger partial charge >= 0.3 is 0 Å². The first kappa shape index (κ1) is 36.7. The fraction of sp³-hybridized carbons (Fsp3) is 0.185. The maximum atomic E-state index is 2.51. The van der Waals surface area contributed by atoms with Crippen LogP contribution in [0.2, 0.25) is 19.6 Å². The number of rotatable bonds is 9. The Morgan fingerprint density at radius 1 is 0.491 bits per heavy atom. The minimum atomic E-state index is -1.44. The molecule has 0 heterocycles. The van der Waals surface area contributed by atoms with E-state index in [1.54, 1.807) is 0 Å². The van der Waals surface area contributed by atoms with Crippen LogP contribution in [0, 0.1) is 5.92 Å². The number of hydrogen-bond donors (Lipinski definition) is 0. The molecule has 1 aliphatic rings. The maximum absolute atomic E-state index is 2.51. The molecule has 3 heteroatoms. The van der Waals surface area contributed by atoms with E-state index < -0.39 is 8.07 Å².